The zero-order valence-electron chi connectivity index (χ0n) is 11.5. The SMILES string of the molecule is O=C(O)c1ccc2c(c1)[C@]1(C[C@H]1c1ccc(F)cc1)C(=O)N2. The molecule has 5 heteroatoms. The zero-order chi connectivity index (χ0) is 15.5. The number of amides is 1. The first-order chi connectivity index (χ1) is 10.5. The molecule has 2 aromatic carbocycles. The van der Waals surface area contributed by atoms with Gasteiger partial charge in [0.25, 0.3) is 0 Å². The van der Waals surface area contributed by atoms with Crippen molar-refractivity contribution >= 4 is 17.6 Å². The van der Waals surface area contributed by atoms with Crippen LogP contribution in [0.15, 0.2) is 42.5 Å². The number of carbonyl (C=O) groups excluding carboxylic acids is 1. The molecule has 4 rings (SSSR count). The summed E-state index contributed by atoms with van der Waals surface area (Å²) in [5, 5.41) is 12.0. The van der Waals surface area contributed by atoms with Crippen LogP contribution in [-0.2, 0) is 10.2 Å². The summed E-state index contributed by atoms with van der Waals surface area (Å²) in [7, 11) is 0. The molecule has 1 amide bonds. The molecule has 2 N–H and O–H groups in total. The molecule has 0 aromatic heterocycles. The Hall–Kier alpha value is -2.69. The molecule has 0 bridgehead atoms. The number of hydrogen-bond acceptors (Lipinski definition) is 2. The van der Waals surface area contributed by atoms with Crippen LogP contribution in [0.3, 0.4) is 0 Å². The van der Waals surface area contributed by atoms with Gasteiger partial charge in [0.15, 0.2) is 0 Å². The van der Waals surface area contributed by atoms with Crippen molar-refractivity contribution in [2.75, 3.05) is 5.32 Å². The van der Waals surface area contributed by atoms with Gasteiger partial charge < -0.3 is 10.4 Å². The van der Waals surface area contributed by atoms with E-state index in [9.17, 15) is 14.0 Å². The Labute approximate surface area is 125 Å². The molecule has 0 saturated heterocycles. The van der Waals surface area contributed by atoms with Crippen molar-refractivity contribution in [3.8, 4) is 0 Å². The molecule has 2 aliphatic rings. The van der Waals surface area contributed by atoms with Gasteiger partial charge in [-0.3, -0.25) is 4.79 Å². The lowest BCUT2D eigenvalue weighted by Crippen LogP contribution is -2.21. The quantitative estimate of drug-likeness (QED) is 0.895. The van der Waals surface area contributed by atoms with E-state index in [1.165, 1.54) is 18.2 Å². The number of halogens is 1. The van der Waals surface area contributed by atoms with Gasteiger partial charge in [0, 0.05) is 11.6 Å². The van der Waals surface area contributed by atoms with Crippen LogP contribution < -0.4 is 5.32 Å². The highest BCUT2D eigenvalue weighted by Gasteiger charge is 2.65. The van der Waals surface area contributed by atoms with Gasteiger partial charge in [0.1, 0.15) is 5.82 Å². The lowest BCUT2D eigenvalue weighted by atomic mass is 9.91. The molecule has 0 unspecified atom stereocenters. The average molecular weight is 297 g/mol. The normalized spacial score (nSPS) is 25.0. The second-order valence-corrected chi connectivity index (χ2v) is 5.80. The van der Waals surface area contributed by atoms with Crippen LogP contribution in [0.4, 0.5) is 10.1 Å². The second kappa shape index (κ2) is 4.16. The highest BCUT2D eigenvalue weighted by Crippen LogP contribution is 2.64. The van der Waals surface area contributed by atoms with Gasteiger partial charge in [-0.1, -0.05) is 12.1 Å². The van der Waals surface area contributed by atoms with Crippen LogP contribution >= 0.6 is 0 Å². The molecule has 2 atom stereocenters. The minimum absolute atomic E-state index is 0.0432. The van der Waals surface area contributed by atoms with E-state index in [2.05, 4.69) is 5.32 Å². The lowest BCUT2D eigenvalue weighted by molar-refractivity contribution is -0.118. The van der Waals surface area contributed by atoms with Crippen LogP contribution in [0.2, 0.25) is 0 Å². The lowest BCUT2D eigenvalue weighted by Gasteiger charge is -2.09. The number of anilines is 1. The van der Waals surface area contributed by atoms with Gasteiger partial charge in [-0.15, -0.1) is 0 Å². The van der Waals surface area contributed by atoms with E-state index in [1.54, 1.807) is 24.3 Å². The van der Waals surface area contributed by atoms with E-state index in [0.717, 1.165) is 11.1 Å². The van der Waals surface area contributed by atoms with E-state index < -0.39 is 11.4 Å². The van der Waals surface area contributed by atoms with Crippen molar-refractivity contribution in [2.24, 2.45) is 0 Å². The zero-order valence-corrected chi connectivity index (χ0v) is 11.5. The maximum atomic E-state index is 13.1. The van der Waals surface area contributed by atoms with E-state index in [0.29, 0.717) is 12.1 Å². The Morgan fingerprint density at radius 2 is 1.95 bits per heavy atom. The Morgan fingerprint density at radius 1 is 1.23 bits per heavy atom. The molecule has 22 heavy (non-hydrogen) atoms. The van der Waals surface area contributed by atoms with E-state index in [1.807, 2.05) is 0 Å². The monoisotopic (exact) mass is 297 g/mol. The van der Waals surface area contributed by atoms with Crippen LogP contribution in [-0.4, -0.2) is 17.0 Å². The third kappa shape index (κ3) is 1.62. The number of aromatic carboxylic acids is 1. The maximum Gasteiger partial charge on any atom is 0.335 e. The first-order valence-electron chi connectivity index (χ1n) is 6.97. The average Bonchev–Trinajstić information content (AvgIpc) is 3.18. The van der Waals surface area contributed by atoms with Gasteiger partial charge in [0.2, 0.25) is 5.91 Å². The number of rotatable bonds is 2. The van der Waals surface area contributed by atoms with Crippen molar-refractivity contribution in [3.05, 3.63) is 65.0 Å². The summed E-state index contributed by atoms with van der Waals surface area (Å²) in [4.78, 5) is 23.6. The topological polar surface area (TPSA) is 66.4 Å². The first kappa shape index (κ1) is 13.0. The fourth-order valence-electron chi connectivity index (χ4n) is 3.42. The third-order valence-electron chi connectivity index (χ3n) is 4.63. The molecule has 110 valence electrons. The molecular formula is C17H12FNO3. The Bertz CT molecular complexity index is 815. The van der Waals surface area contributed by atoms with Crippen LogP contribution in [0.25, 0.3) is 0 Å². The molecule has 1 aliphatic carbocycles. The third-order valence-corrected chi connectivity index (χ3v) is 4.63. The molecular weight excluding hydrogens is 285 g/mol. The largest absolute Gasteiger partial charge is 0.478 e. The van der Waals surface area contributed by atoms with E-state index >= 15 is 0 Å². The number of carbonyl (C=O) groups is 2. The fraction of sp³-hybridized carbons (Fsp3) is 0.176. The number of benzene rings is 2. The summed E-state index contributed by atoms with van der Waals surface area (Å²) in [5.41, 5.74) is 1.74. The molecule has 2 aromatic rings. The second-order valence-electron chi connectivity index (χ2n) is 5.80. The van der Waals surface area contributed by atoms with Crippen molar-refractivity contribution in [1.29, 1.82) is 0 Å². The minimum atomic E-state index is -1.02. The Morgan fingerprint density at radius 3 is 2.64 bits per heavy atom. The summed E-state index contributed by atoms with van der Waals surface area (Å²) in [5.74, 6) is -1.49. The summed E-state index contributed by atoms with van der Waals surface area (Å²) in [6.07, 6.45) is 0.612. The van der Waals surface area contributed by atoms with Gasteiger partial charge in [-0.2, -0.15) is 0 Å². The van der Waals surface area contributed by atoms with Gasteiger partial charge in [0.05, 0.1) is 11.0 Å². The van der Waals surface area contributed by atoms with E-state index in [-0.39, 0.29) is 23.2 Å². The maximum absolute atomic E-state index is 13.1. The molecule has 1 aliphatic heterocycles. The van der Waals surface area contributed by atoms with Crippen LogP contribution in [0.1, 0.15) is 33.8 Å². The molecule has 4 nitrogen and oxygen atoms in total. The predicted octanol–water partition coefficient (Wildman–Crippen LogP) is 2.90. The molecule has 1 spiro atoms. The smallest absolute Gasteiger partial charge is 0.335 e. The number of fused-ring (bicyclic) bond motifs is 2. The number of carboxylic acids is 1. The number of hydrogen-bond donors (Lipinski definition) is 2. The minimum Gasteiger partial charge on any atom is -0.478 e. The highest BCUT2D eigenvalue weighted by molar-refractivity contribution is 6.10. The first-order valence-corrected chi connectivity index (χ1v) is 6.97. The van der Waals surface area contributed by atoms with Crippen molar-refractivity contribution in [3.63, 3.8) is 0 Å². The summed E-state index contributed by atoms with van der Waals surface area (Å²) in [6, 6.07) is 10.8. The predicted molar refractivity (Wildman–Crippen MR) is 77.5 cm³/mol. The van der Waals surface area contributed by atoms with Crippen molar-refractivity contribution < 1.29 is 19.1 Å². The molecule has 1 saturated carbocycles. The Kier molecular flexibility index (Phi) is 2.46. The number of nitrogens with one attached hydrogen (secondary N) is 1. The number of carboxylic acid groups (broad SMARTS) is 1. The van der Waals surface area contributed by atoms with Gasteiger partial charge >= 0.3 is 5.97 Å². The Balaban J connectivity index is 1.79. The summed E-state index contributed by atoms with van der Waals surface area (Å²) in [6.45, 7) is 0. The van der Waals surface area contributed by atoms with Gasteiger partial charge in [-0.25, -0.2) is 9.18 Å². The van der Waals surface area contributed by atoms with Crippen molar-refractivity contribution in [1.82, 2.24) is 0 Å². The van der Waals surface area contributed by atoms with Crippen LogP contribution in [0.5, 0.6) is 0 Å². The van der Waals surface area contributed by atoms with Crippen LogP contribution in [0, 0.1) is 5.82 Å². The summed E-state index contributed by atoms with van der Waals surface area (Å²) < 4.78 is 13.1. The van der Waals surface area contributed by atoms with E-state index in [4.69, 9.17) is 5.11 Å². The van der Waals surface area contributed by atoms with Gasteiger partial charge in [-0.05, 0) is 47.9 Å². The molecule has 1 fully saturated rings. The standard InChI is InChI=1S/C17H12FNO3/c18-11-4-1-9(2-5-11)13-8-17(13)12-7-10(15(20)21)3-6-14(12)19-16(17)22/h1-7,13H,8H2,(H,19,22)(H,20,21)/t13-,17-/m0/s1. The molecule has 0 radical (unpaired) electrons. The van der Waals surface area contributed by atoms with Crippen molar-refractivity contribution in [2.45, 2.75) is 17.8 Å². The highest BCUT2D eigenvalue weighted by atomic mass is 19.1. The summed E-state index contributed by atoms with van der Waals surface area (Å²) >= 11 is 0. The fourth-order valence-corrected chi connectivity index (χ4v) is 3.42. The molecule has 1 heterocycles.